The van der Waals surface area contributed by atoms with Gasteiger partial charge in [0.25, 0.3) is 0 Å². The second-order valence-electron chi connectivity index (χ2n) is 2.27. The van der Waals surface area contributed by atoms with E-state index >= 15 is 0 Å². The van der Waals surface area contributed by atoms with Gasteiger partial charge in [-0.15, -0.1) is 0 Å². The van der Waals surface area contributed by atoms with Gasteiger partial charge in [0, 0.05) is 38.3 Å². The average Bonchev–Trinajstić information content (AvgIpc) is 2.22. The SMILES string of the molecule is CO[Si](CCCN)(OC)OC.O=[Si]=O.[Si]. The van der Waals surface area contributed by atoms with Gasteiger partial charge in [-0.1, -0.05) is 0 Å². The van der Waals surface area contributed by atoms with Gasteiger partial charge in [-0.2, -0.15) is 0 Å². The summed E-state index contributed by atoms with van der Waals surface area (Å²) in [6, 6.07) is 0.785. The molecule has 0 rings (SSSR count). The van der Waals surface area contributed by atoms with E-state index in [2.05, 4.69) is 0 Å². The summed E-state index contributed by atoms with van der Waals surface area (Å²) in [6.45, 7) is 0.644. The number of rotatable bonds is 6. The molecule has 9 heteroatoms. The Bertz CT molecular complexity index is 153. The molecule has 4 radical (unpaired) electrons. The number of nitrogens with two attached hydrogens (primary N) is 1. The Morgan fingerprint density at radius 2 is 1.47 bits per heavy atom. The molecule has 0 saturated carbocycles. The van der Waals surface area contributed by atoms with Crippen molar-refractivity contribution in [2.45, 2.75) is 12.5 Å². The number of hydrogen-bond donors (Lipinski definition) is 1. The summed E-state index contributed by atoms with van der Waals surface area (Å²) < 4.78 is 32.3. The average molecular weight is 267 g/mol. The van der Waals surface area contributed by atoms with E-state index in [1.165, 1.54) is 0 Å². The molecular weight excluding hydrogens is 250 g/mol. The molecule has 6 nitrogen and oxygen atoms in total. The molecule has 0 unspecified atom stereocenters. The molecule has 0 atom stereocenters. The van der Waals surface area contributed by atoms with E-state index in [0.717, 1.165) is 12.5 Å². The fourth-order valence-corrected chi connectivity index (χ4v) is 2.62. The van der Waals surface area contributed by atoms with Crippen LogP contribution >= 0.6 is 0 Å². The summed E-state index contributed by atoms with van der Waals surface area (Å²) in [7, 11) is 1.09. The molecule has 0 spiro atoms. The molecule has 0 aromatic carbocycles. The summed E-state index contributed by atoms with van der Waals surface area (Å²) in [5.41, 5.74) is 5.36. The fraction of sp³-hybridized carbons (Fsp3) is 1.00. The molecule has 0 aliphatic heterocycles. The Morgan fingerprint density at radius 3 is 1.67 bits per heavy atom. The van der Waals surface area contributed by atoms with Gasteiger partial charge in [-0.05, 0) is 13.0 Å². The highest BCUT2D eigenvalue weighted by atomic mass is 28.4. The van der Waals surface area contributed by atoms with Crippen molar-refractivity contribution in [1.82, 2.24) is 0 Å². The summed E-state index contributed by atoms with van der Waals surface area (Å²) in [4.78, 5) is 0. The van der Waals surface area contributed by atoms with Crippen LogP contribution in [0, 0.1) is 0 Å². The van der Waals surface area contributed by atoms with Crippen LogP contribution in [0.15, 0.2) is 0 Å². The van der Waals surface area contributed by atoms with E-state index < -0.39 is 18.1 Å². The summed E-state index contributed by atoms with van der Waals surface area (Å²) in [5, 5.41) is 0. The predicted octanol–water partition coefficient (Wildman–Crippen LogP) is -0.786. The third-order valence-corrected chi connectivity index (χ3v) is 4.45. The van der Waals surface area contributed by atoms with Gasteiger partial charge in [-0.3, -0.25) is 8.92 Å². The van der Waals surface area contributed by atoms with Crippen LogP contribution in [0.2, 0.25) is 6.04 Å². The zero-order chi connectivity index (χ0) is 11.4. The van der Waals surface area contributed by atoms with Crippen LogP contribution in [-0.4, -0.2) is 56.9 Å². The summed E-state index contributed by atoms with van der Waals surface area (Å²) in [6.07, 6.45) is 0.877. The Labute approximate surface area is 97.8 Å². The van der Waals surface area contributed by atoms with Crippen molar-refractivity contribution >= 4 is 29.1 Å². The molecule has 0 aromatic rings. The highest BCUT2D eigenvalue weighted by Gasteiger charge is 2.36. The first-order valence-corrected chi connectivity index (χ1v) is 6.76. The maximum Gasteiger partial charge on any atom is 0.549 e. The Morgan fingerprint density at radius 1 is 1.13 bits per heavy atom. The molecule has 88 valence electrons. The molecule has 0 amide bonds. The van der Waals surface area contributed by atoms with Crippen molar-refractivity contribution in [1.29, 1.82) is 0 Å². The Hall–Kier alpha value is 0.0906. The van der Waals surface area contributed by atoms with Crippen molar-refractivity contribution in [3.63, 3.8) is 0 Å². The van der Waals surface area contributed by atoms with Crippen molar-refractivity contribution in [2.75, 3.05) is 27.9 Å². The molecule has 0 aliphatic carbocycles. The molecule has 0 aromatic heterocycles. The maximum atomic E-state index is 8.40. The molecule has 15 heavy (non-hydrogen) atoms. The predicted molar refractivity (Wildman–Crippen MR) is 58.1 cm³/mol. The third-order valence-electron chi connectivity index (χ3n) is 1.62. The van der Waals surface area contributed by atoms with E-state index in [1.807, 2.05) is 0 Å². The highest BCUT2D eigenvalue weighted by Crippen LogP contribution is 2.13. The van der Waals surface area contributed by atoms with E-state index in [-0.39, 0.29) is 11.0 Å². The second-order valence-corrected chi connectivity index (χ2v) is 5.53. The van der Waals surface area contributed by atoms with Gasteiger partial charge in [0.15, 0.2) is 0 Å². The van der Waals surface area contributed by atoms with Gasteiger partial charge in [0.05, 0.1) is 0 Å². The first-order chi connectivity index (χ1) is 6.66. The van der Waals surface area contributed by atoms with Crippen LogP contribution in [0.4, 0.5) is 0 Å². The van der Waals surface area contributed by atoms with Crippen LogP contribution in [-0.2, 0) is 22.2 Å². The minimum atomic E-state index is -2.32. The minimum Gasteiger partial charge on any atom is -0.377 e. The second kappa shape index (κ2) is 14.1. The lowest BCUT2D eigenvalue weighted by molar-refractivity contribution is 0.123. The van der Waals surface area contributed by atoms with Crippen LogP contribution in [0.1, 0.15) is 6.42 Å². The van der Waals surface area contributed by atoms with Gasteiger partial charge >= 0.3 is 18.1 Å². The molecule has 0 fully saturated rings. The lowest BCUT2D eigenvalue weighted by Crippen LogP contribution is -2.42. The first-order valence-electron chi connectivity index (χ1n) is 4.01. The van der Waals surface area contributed by atoms with Gasteiger partial charge in [0.1, 0.15) is 0 Å². The van der Waals surface area contributed by atoms with Crippen molar-refractivity contribution in [3.8, 4) is 0 Å². The molecule has 0 aliphatic rings. The van der Waals surface area contributed by atoms with Crippen LogP contribution < -0.4 is 5.73 Å². The van der Waals surface area contributed by atoms with E-state index in [9.17, 15) is 0 Å². The van der Waals surface area contributed by atoms with E-state index in [0.29, 0.717) is 6.54 Å². The van der Waals surface area contributed by atoms with Gasteiger partial charge in [-0.25, -0.2) is 0 Å². The smallest absolute Gasteiger partial charge is 0.377 e. The van der Waals surface area contributed by atoms with Crippen molar-refractivity contribution in [2.24, 2.45) is 5.73 Å². The zero-order valence-electron chi connectivity index (χ0n) is 9.24. The van der Waals surface area contributed by atoms with Crippen molar-refractivity contribution < 1.29 is 22.2 Å². The summed E-state index contributed by atoms with van der Waals surface area (Å²) >= 11 is 0. The highest BCUT2D eigenvalue weighted by molar-refractivity contribution is 6.60. The normalized spacial score (nSPS) is 9.33. The first kappa shape index (κ1) is 20.5. The molecular formula is C6H17NO5Si3. The topological polar surface area (TPSA) is 87.8 Å². The monoisotopic (exact) mass is 267 g/mol. The number of hydrogen-bond acceptors (Lipinski definition) is 6. The zero-order valence-corrected chi connectivity index (χ0v) is 12.2. The van der Waals surface area contributed by atoms with E-state index in [4.69, 9.17) is 27.9 Å². The van der Waals surface area contributed by atoms with Gasteiger partial charge < -0.3 is 19.0 Å². The lowest BCUT2D eigenvalue weighted by atomic mass is 10.5. The Balaban J connectivity index is -0.000000320. The molecule has 0 saturated heterocycles. The van der Waals surface area contributed by atoms with Gasteiger partial charge in [0.2, 0.25) is 0 Å². The lowest BCUT2D eigenvalue weighted by Gasteiger charge is -2.23. The van der Waals surface area contributed by atoms with Crippen molar-refractivity contribution in [3.05, 3.63) is 0 Å². The molecule has 2 N–H and O–H groups in total. The Kier molecular flexibility index (Phi) is 19.3. The fourth-order valence-electron chi connectivity index (χ4n) is 0.875. The largest absolute Gasteiger partial charge is 0.549 e. The third kappa shape index (κ3) is 10.4. The molecule has 0 bridgehead atoms. The van der Waals surface area contributed by atoms with Crippen LogP contribution in [0.25, 0.3) is 0 Å². The molecule has 0 heterocycles. The minimum absolute atomic E-state index is 0. The quantitative estimate of drug-likeness (QED) is 0.635. The summed E-state index contributed by atoms with van der Waals surface area (Å²) in [5.74, 6) is 0. The standard InChI is InChI=1S/C6H17NO3Si.O2Si.Si/c1-8-11(9-2,10-3)6-4-5-7;1-3-2;/h4-7H2,1-3H3;;. The maximum absolute atomic E-state index is 8.40. The van der Waals surface area contributed by atoms with E-state index in [1.54, 1.807) is 21.3 Å². The van der Waals surface area contributed by atoms with Crippen LogP contribution in [0.5, 0.6) is 0 Å². The van der Waals surface area contributed by atoms with Crippen LogP contribution in [0.3, 0.4) is 0 Å².